The Hall–Kier alpha value is -1.49. The summed E-state index contributed by atoms with van der Waals surface area (Å²) in [4.78, 5) is 36.8. The van der Waals surface area contributed by atoms with E-state index in [1.165, 1.54) is 0 Å². The number of carbonyl (C=O) groups excluding carboxylic acids is 2. The highest BCUT2D eigenvalue weighted by atomic mass is 16.4. The number of rotatable bonds is 14. The Morgan fingerprint density at radius 1 is 0.818 bits per heavy atom. The Bertz CT molecular complexity index is 705. The van der Waals surface area contributed by atoms with Gasteiger partial charge in [-0.05, 0) is 70.6 Å². The summed E-state index contributed by atoms with van der Waals surface area (Å²) in [6.07, 6.45) is 14.8. The molecule has 0 aromatic heterocycles. The van der Waals surface area contributed by atoms with Crippen molar-refractivity contribution < 1.29 is 24.6 Å². The molecule has 0 heterocycles. The van der Waals surface area contributed by atoms with Crippen LogP contribution >= 0.6 is 0 Å². The number of hydrogen-bond donors (Lipinski definition) is 2. The van der Waals surface area contributed by atoms with Gasteiger partial charge in [0.05, 0.1) is 5.41 Å². The third-order valence-corrected chi connectivity index (χ3v) is 8.03. The Morgan fingerprint density at radius 3 is 1.70 bits per heavy atom. The molecule has 2 N–H and O–H groups in total. The normalized spacial score (nSPS) is 26.6. The van der Waals surface area contributed by atoms with Crippen LogP contribution in [0.1, 0.15) is 105 Å². The van der Waals surface area contributed by atoms with E-state index in [1.54, 1.807) is 13.8 Å². The molecular weight excluding hydrogens is 416 g/mol. The number of aliphatic hydroxyl groups excluding tert-OH is 1. The van der Waals surface area contributed by atoms with Crippen molar-refractivity contribution >= 4 is 17.5 Å². The monoisotopic (exact) mass is 462 g/mol. The van der Waals surface area contributed by atoms with Crippen LogP contribution in [0.25, 0.3) is 0 Å². The number of carboxylic acid groups (broad SMARTS) is 1. The molecule has 5 nitrogen and oxygen atoms in total. The van der Waals surface area contributed by atoms with Gasteiger partial charge in [-0.3, -0.25) is 14.4 Å². The van der Waals surface area contributed by atoms with E-state index < -0.39 is 11.4 Å². The first-order valence-corrected chi connectivity index (χ1v) is 13.1. The summed E-state index contributed by atoms with van der Waals surface area (Å²) in [5.41, 5.74) is -0.738. The molecule has 33 heavy (non-hydrogen) atoms. The van der Waals surface area contributed by atoms with Crippen LogP contribution < -0.4 is 0 Å². The molecule has 2 aliphatic rings. The van der Waals surface area contributed by atoms with Gasteiger partial charge in [-0.2, -0.15) is 0 Å². The fourth-order valence-corrected chi connectivity index (χ4v) is 5.30. The maximum atomic E-state index is 12.8. The molecule has 2 fully saturated rings. The molecule has 5 heteroatoms. The number of hydrogen-bond acceptors (Lipinski definition) is 4. The second-order valence-corrected chi connectivity index (χ2v) is 12.0. The average molecular weight is 463 g/mol. The van der Waals surface area contributed by atoms with E-state index in [2.05, 4.69) is 13.8 Å². The first-order valence-electron chi connectivity index (χ1n) is 13.1. The maximum absolute atomic E-state index is 12.8. The summed E-state index contributed by atoms with van der Waals surface area (Å²) < 4.78 is 0. The lowest BCUT2D eigenvalue weighted by atomic mass is 9.86. The zero-order valence-corrected chi connectivity index (χ0v) is 21.3. The first-order chi connectivity index (χ1) is 15.5. The fraction of sp³-hybridized carbons (Fsp3) is 0.821. The van der Waals surface area contributed by atoms with E-state index >= 15 is 0 Å². The van der Waals surface area contributed by atoms with Crippen molar-refractivity contribution in [3.05, 3.63) is 12.2 Å². The highest BCUT2D eigenvalue weighted by Gasteiger charge is 2.35. The van der Waals surface area contributed by atoms with Crippen molar-refractivity contribution in [2.24, 2.45) is 34.5 Å². The molecule has 2 aliphatic carbocycles. The Kier molecular flexibility index (Phi) is 10.3. The van der Waals surface area contributed by atoms with E-state index in [-0.39, 0.29) is 35.7 Å². The second kappa shape index (κ2) is 12.3. The lowest BCUT2D eigenvalue weighted by Gasteiger charge is -2.21. The molecule has 0 aromatic rings. The second-order valence-electron chi connectivity index (χ2n) is 12.0. The number of carboxylic acids is 1. The predicted molar refractivity (Wildman–Crippen MR) is 131 cm³/mol. The molecule has 0 spiro atoms. The van der Waals surface area contributed by atoms with Gasteiger partial charge < -0.3 is 10.2 Å². The van der Waals surface area contributed by atoms with Crippen LogP contribution in [0.2, 0.25) is 0 Å². The summed E-state index contributed by atoms with van der Waals surface area (Å²) in [6.45, 7) is 7.85. The van der Waals surface area contributed by atoms with E-state index in [1.807, 2.05) is 12.2 Å². The van der Waals surface area contributed by atoms with Gasteiger partial charge in [0, 0.05) is 30.3 Å². The highest BCUT2D eigenvalue weighted by Crippen LogP contribution is 2.36. The molecule has 0 aliphatic heterocycles. The van der Waals surface area contributed by atoms with Gasteiger partial charge in [0.15, 0.2) is 0 Å². The number of allylic oxidation sites excluding steroid dienone is 2. The minimum absolute atomic E-state index is 0.0333. The summed E-state index contributed by atoms with van der Waals surface area (Å²) in [6, 6.07) is 0. The van der Waals surface area contributed by atoms with Gasteiger partial charge in [-0.1, -0.05) is 51.7 Å². The van der Waals surface area contributed by atoms with Crippen molar-refractivity contribution in [1.29, 1.82) is 0 Å². The summed E-state index contributed by atoms with van der Waals surface area (Å²) in [5.74, 6) is 0.0284. The molecule has 4 unspecified atom stereocenters. The smallest absolute Gasteiger partial charge is 0.309 e. The summed E-state index contributed by atoms with van der Waals surface area (Å²) >= 11 is 0. The van der Waals surface area contributed by atoms with Gasteiger partial charge in [0.25, 0.3) is 0 Å². The average Bonchev–Trinajstić information content (AvgIpc) is 3.29. The van der Waals surface area contributed by atoms with E-state index in [0.717, 1.165) is 70.6 Å². The van der Waals surface area contributed by atoms with Crippen LogP contribution in [0.3, 0.4) is 0 Å². The Balaban J connectivity index is 1.70. The number of ketones is 2. The van der Waals surface area contributed by atoms with Gasteiger partial charge in [0.1, 0.15) is 11.6 Å². The molecular formula is C28H46O5. The molecule has 0 bridgehead atoms. The number of Topliss-reactive ketones (excluding diaryl/α,β-unsaturated/α-hetero) is 2. The number of aliphatic hydroxyl groups is 1. The molecule has 0 radical (unpaired) electrons. The van der Waals surface area contributed by atoms with Gasteiger partial charge >= 0.3 is 5.97 Å². The van der Waals surface area contributed by atoms with E-state index in [4.69, 9.17) is 0 Å². The molecule has 2 saturated carbocycles. The fourth-order valence-electron chi connectivity index (χ4n) is 5.30. The number of unbranched alkanes of at least 4 members (excludes halogenated alkanes) is 2. The van der Waals surface area contributed by atoms with Crippen molar-refractivity contribution in [3.63, 3.8) is 0 Å². The lowest BCUT2D eigenvalue weighted by Crippen LogP contribution is -2.23. The third kappa shape index (κ3) is 8.35. The topological polar surface area (TPSA) is 91.7 Å². The molecule has 0 aromatic carbocycles. The largest absolute Gasteiger partial charge is 0.481 e. The summed E-state index contributed by atoms with van der Waals surface area (Å²) in [7, 11) is 0. The van der Waals surface area contributed by atoms with Crippen LogP contribution in [0.4, 0.5) is 0 Å². The van der Waals surface area contributed by atoms with Crippen molar-refractivity contribution in [2.45, 2.75) is 105 Å². The quantitative estimate of drug-likeness (QED) is 0.245. The van der Waals surface area contributed by atoms with Crippen LogP contribution in [-0.2, 0) is 14.4 Å². The Labute approximate surface area is 200 Å². The van der Waals surface area contributed by atoms with Gasteiger partial charge in [-0.25, -0.2) is 0 Å². The van der Waals surface area contributed by atoms with Crippen LogP contribution in [-0.4, -0.2) is 34.4 Å². The zero-order valence-electron chi connectivity index (χ0n) is 21.3. The molecule has 0 saturated heterocycles. The Morgan fingerprint density at radius 2 is 1.27 bits per heavy atom. The maximum Gasteiger partial charge on any atom is 0.309 e. The molecule has 2 rings (SSSR count). The number of aliphatic carboxylic acids is 1. The van der Waals surface area contributed by atoms with Crippen LogP contribution in [0, 0.1) is 34.5 Å². The molecule has 188 valence electrons. The van der Waals surface area contributed by atoms with Gasteiger partial charge in [0.2, 0.25) is 0 Å². The zero-order chi connectivity index (χ0) is 24.6. The van der Waals surface area contributed by atoms with Crippen LogP contribution in [0.5, 0.6) is 0 Å². The predicted octanol–water partition coefficient (Wildman–Crippen LogP) is 5.98. The minimum Gasteiger partial charge on any atom is -0.481 e. The lowest BCUT2D eigenvalue weighted by molar-refractivity contribution is -0.147. The van der Waals surface area contributed by atoms with Crippen molar-refractivity contribution in [1.82, 2.24) is 0 Å². The standard InChI is InChI=1S/C28H46O5/c1-27(2,19-29)17-7-5-9-20-11-13-22(24(20)30)15-16-23-14-12-21(25(23)31)10-6-8-18-28(3,4)26(32)33/h15-16,20-23,29H,5-14,17-19H2,1-4H3,(H,32,33). The highest BCUT2D eigenvalue weighted by molar-refractivity contribution is 5.88. The minimum atomic E-state index is -0.765. The molecule has 0 amide bonds. The molecule has 4 atom stereocenters. The number of carbonyl (C=O) groups is 3. The SMILES string of the molecule is CC(C)(CO)CCCCC1CCC(C=CC2CCC(CCCCC(C)(C)C(=O)O)C2=O)C1=O. The first kappa shape index (κ1) is 27.8. The summed E-state index contributed by atoms with van der Waals surface area (Å²) in [5, 5.41) is 18.6. The van der Waals surface area contributed by atoms with Crippen LogP contribution in [0.15, 0.2) is 12.2 Å². The van der Waals surface area contributed by atoms with Crippen molar-refractivity contribution in [2.75, 3.05) is 6.61 Å². The van der Waals surface area contributed by atoms with E-state index in [9.17, 15) is 24.6 Å². The third-order valence-electron chi connectivity index (χ3n) is 8.03. The van der Waals surface area contributed by atoms with Gasteiger partial charge in [-0.15, -0.1) is 0 Å². The van der Waals surface area contributed by atoms with E-state index in [0.29, 0.717) is 18.0 Å². The van der Waals surface area contributed by atoms with Crippen molar-refractivity contribution in [3.8, 4) is 0 Å².